The van der Waals surface area contributed by atoms with Gasteiger partial charge in [-0.25, -0.2) is 4.79 Å². The maximum atomic E-state index is 12.5. The van der Waals surface area contributed by atoms with Gasteiger partial charge in [-0.3, -0.25) is 4.79 Å². The van der Waals surface area contributed by atoms with Gasteiger partial charge in [0.15, 0.2) is 5.75 Å². The number of hydrogen-bond acceptors (Lipinski definition) is 7. The van der Waals surface area contributed by atoms with Crippen LogP contribution in [0.25, 0.3) is 10.1 Å². The lowest BCUT2D eigenvalue weighted by molar-refractivity contribution is -0.114. The van der Waals surface area contributed by atoms with Crippen LogP contribution in [0.5, 0.6) is 5.75 Å². The van der Waals surface area contributed by atoms with Gasteiger partial charge in [-0.15, -0.1) is 11.3 Å². The first-order valence-corrected chi connectivity index (χ1v) is 11.2. The highest BCUT2D eigenvalue weighted by Crippen LogP contribution is 2.44. The summed E-state index contributed by atoms with van der Waals surface area (Å²) in [7, 11) is 0. The predicted octanol–water partition coefficient (Wildman–Crippen LogP) is 3.93. The molecule has 0 bridgehead atoms. The van der Waals surface area contributed by atoms with Crippen molar-refractivity contribution in [3.63, 3.8) is 0 Å². The Bertz CT molecular complexity index is 855. The molecule has 0 aliphatic carbocycles. The van der Waals surface area contributed by atoms with Crippen molar-refractivity contribution in [2.45, 2.75) is 39.7 Å². The van der Waals surface area contributed by atoms with Crippen molar-refractivity contribution >= 4 is 54.2 Å². The Kier molecular flexibility index (Phi) is 9.35. The molecular formula is C20H27BrN2O5S. The van der Waals surface area contributed by atoms with E-state index in [0.29, 0.717) is 37.4 Å². The Hall–Kier alpha value is -1.68. The predicted molar refractivity (Wildman–Crippen MR) is 119 cm³/mol. The number of benzene rings is 1. The average molecular weight is 487 g/mol. The summed E-state index contributed by atoms with van der Waals surface area (Å²) in [5.41, 5.74) is 0.307. The molecule has 0 aliphatic heterocycles. The van der Waals surface area contributed by atoms with Gasteiger partial charge in [0.05, 0.1) is 15.8 Å². The van der Waals surface area contributed by atoms with E-state index in [1.54, 1.807) is 19.1 Å². The van der Waals surface area contributed by atoms with Gasteiger partial charge in [0.25, 0.3) is 0 Å². The lowest BCUT2D eigenvalue weighted by Gasteiger charge is -2.14. The lowest BCUT2D eigenvalue weighted by Crippen LogP contribution is -2.32. The summed E-state index contributed by atoms with van der Waals surface area (Å²) in [6, 6.07) is 3.56. The number of ether oxygens (including phenoxy) is 2. The summed E-state index contributed by atoms with van der Waals surface area (Å²) in [4.78, 5) is 24.1. The van der Waals surface area contributed by atoms with Crippen molar-refractivity contribution in [3.8, 4) is 5.75 Å². The van der Waals surface area contributed by atoms with Crippen LogP contribution in [0.1, 0.15) is 44.0 Å². The van der Waals surface area contributed by atoms with Gasteiger partial charge in [-0.05, 0) is 41.9 Å². The second-order valence-electron chi connectivity index (χ2n) is 6.48. The maximum absolute atomic E-state index is 12.5. The Balaban J connectivity index is 2.29. The van der Waals surface area contributed by atoms with E-state index in [1.165, 1.54) is 18.3 Å². The van der Waals surface area contributed by atoms with E-state index < -0.39 is 12.1 Å². The molecule has 160 valence electrons. The molecule has 0 saturated carbocycles. The number of nitrogens with one attached hydrogen (secondary N) is 2. The molecule has 29 heavy (non-hydrogen) atoms. The van der Waals surface area contributed by atoms with E-state index in [9.17, 15) is 14.7 Å². The van der Waals surface area contributed by atoms with Crippen molar-refractivity contribution in [1.82, 2.24) is 5.32 Å². The normalized spacial score (nSPS) is 12.0. The minimum atomic E-state index is -0.673. The number of fused-ring (bicyclic) bond motifs is 1. The molecule has 1 aromatic carbocycles. The van der Waals surface area contributed by atoms with Crippen LogP contribution < -0.4 is 15.4 Å². The second kappa shape index (κ2) is 11.5. The Labute approximate surface area is 182 Å². The quantitative estimate of drug-likeness (QED) is 0.328. The zero-order valence-electron chi connectivity index (χ0n) is 16.8. The summed E-state index contributed by atoms with van der Waals surface area (Å²) in [5, 5.41) is 17.1. The van der Waals surface area contributed by atoms with Crippen LogP contribution in [-0.2, 0) is 9.53 Å². The third-order valence-electron chi connectivity index (χ3n) is 4.04. The first-order chi connectivity index (χ1) is 13.9. The number of aliphatic hydroxyl groups excluding tert-OH is 1. The molecule has 0 saturated heterocycles. The van der Waals surface area contributed by atoms with Gasteiger partial charge in [-0.2, -0.15) is 0 Å². The van der Waals surface area contributed by atoms with E-state index >= 15 is 0 Å². The first kappa shape index (κ1) is 23.6. The maximum Gasteiger partial charge on any atom is 0.341 e. The van der Waals surface area contributed by atoms with E-state index in [2.05, 4.69) is 33.5 Å². The molecular weight excluding hydrogens is 460 g/mol. The number of esters is 1. The molecule has 1 amide bonds. The number of unbranched alkanes of at least 4 members (excludes halogenated alkanes) is 1. The molecule has 0 radical (unpaired) electrons. The Morgan fingerprint density at radius 3 is 2.72 bits per heavy atom. The van der Waals surface area contributed by atoms with Crippen LogP contribution in [-0.4, -0.2) is 49.4 Å². The zero-order valence-corrected chi connectivity index (χ0v) is 19.2. The number of amides is 1. The van der Waals surface area contributed by atoms with Gasteiger partial charge >= 0.3 is 5.97 Å². The topological polar surface area (TPSA) is 96.9 Å². The monoisotopic (exact) mass is 486 g/mol. The third-order valence-corrected chi connectivity index (χ3v) is 5.79. The summed E-state index contributed by atoms with van der Waals surface area (Å²) >= 11 is 4.71. The van der Waals surface area contributed by atoms with E-state index in [-0.39, 0.29) is 19.1 Å². The number of carbonyl (C=O) groups is 2. The Morgan fingerprint density at radius 1 is 1.31 bits per heavy atom. The van der Waals surface area contributed by atoms with Crippen LogP contribution in [0.2, 0.25) is 0 Å². The number of rotatable bonds is 11. The van der Waals surface area contributed by atoms with Crippen LogP contribution in [0, 0.1) is 0 Å². The number of halogens is 1. The number of carbonyl (C=O) groups excluding carboxylic acids is 2. The Morgan fingerprint density at radius 2 is 2.07 bits per heavy atom. The summed E-state index contributed by atoms with van der Waals surface area (Å²) < 4.78 is 12.4. The lowest BCUT2D eigenvalue weighted by atomic mass is 10.1. The van der Waals surface area contributed by atoms with Crippen molar-refractivity contribution in [2.75, 3.05) is 31.6 Å². The summed E-state index contributed by atoms with van der Waals surface area (Å²) in [6.07, 6.45) is 1.47. The van der Waals surface area contributed by atoms with Crippen molar-refractivity contribution in [1.29, 1.82) is 0 Å². The van der Waals surface area contributed by atoms with Gasteiger partial charge < -0.3 is 25.2 Å². The molecule has 0 fully saturated rings. The van der Waals surface area contributed by atoms with Gasteiger partial charge in [-0.1, -0.05) is 19.4 Å². The molecule has 2 rings (SSSR count). The standard InChI is InChI=1S/C20H27BrN2O5S/c1-4-6-9-22-10-13(25)11-28-17-15(21)8-7-14-16(20(26)27-5-2)19(23-12(3)24)29-18(14)17/h7-8,13,22,25H,4-6,9-11H2,1-3H3,(H,23,24). The number of hydrogen-bond donors (Lipinski definition) is 3. The van der Waals surface area contributed by atoms with Gasteiger partial charge in [0.1, 0.15) is 23.3 Å². The fraction of sp³-hybridized carbons (Fsp3) is 0.500. The molecule has 2 aromatic rings. The summed E-state index contributed by atoms with van der Waals surface area (Å²) in [5.74, 6) is -0.268. The van der Waals surface area contributed by atoms with Crippen LogP contribution in [0.15, 0.2) is 16.6 Å². The fourth-order valence-electron chi connectivity index (χ4n) is 2.71. The first-order valence-electron chi connectivity index (χ1n) is 9.60. The van der Waals surface area contributed by atoms with Gasteiger partial charge in [0, 0.05) is 18.9 Å². The van der Waals surface area contributed by atoms with E-state index in [4.69, 9.17) is 9.47 Å². The van der Waals surface area contributed by atoms with Crippen molar-refractivity contribution in [3.05, 3.63) is 22.2 Å². The highest BCUT2D eigenvalue weighted by Gasteiger charge is 2.24. The molecule has 1 heterocycles. The average Bonchev–Trinajstić information content (AvgIpc) is 3.02. The van der Waals surface area contributed by atoms with Gasteiger partial charge in [0.2, 0.25) is 5.91 Å². The zero-order chi connectivity index (χ0) is 21.4. The smallest absolute Gasteiger partial charge is 0.341 e. The molecule has 1 unspecified atom stereocenters. The van der Waals surface area contributed by atoms with Crippen LogP contribution in [0.4, 0.5) is 5.00 Å². The highest BCUT2D eigenvalue weighted by atomic mass is 79.9. The minimum Gasteiger partial charge on any atom is -0.488 e. The molecule has 0 spiro atoms. The summed E-state index contributed by atoms with van der Waals surface area (Å²) in [6.45, 7) is 6.83. The minimum absolute atomic E-state index is 0.0962. The molecule has 7 nitrogen and oxygen atoms in total. The highest BCUT2D eigenvalue weighted by molar-refractivity contribution is 9.10. The molecule has 0 aliphatic rings. The van der Waals surface area contributed by atoms with Crippen LogP contribution >= 0.6 is 27.3 Å². The molecule has 3 N–H and O–H groups in total. The number of aliphatic hydroxyl groups is 1. The van der Waals surface area contributed by atoms with E-state index in [0.717, 1.165) is 19.4 Å². The third kappa shape index (κ3) is 6.40. The molecule has 1 atom stereocenters. The van der Waals surface area contributed by atoms with Crippen LogP contribution in [0.3, 0.4) is 0 Å². The second-order valence-corrected chi connectivity index (χ2v) is 8.36. The number of anilines is 1. The largest absolute Gasteiger partial charge is 0.488 e. The van der Waals surface area contributed by atoms with E-state index in [1.807, 2.05) is 0 Å². The van der Waals surface area contributed by atoms with Crippen molar-refractivity contribution < 1.29 is 24.2 Å². The molecule has 1 aromatic heterocycles. The fourth-order valence-corrected chi connectivity index (χ4v) is 4.52. The SMILES string of the molecule is CCCCNCC(O)COc1c(Br)ccc2c(C(=O)OCC)c(NC(C)=O)sc12. The molecule has 9 heteroatoms. The number of thiophene rings is 1. The van der Waals surface area contributed by atoms with Crippen molar-refractivity contribution in [2.24, 2.45) is 0 Å².